The quantitative estimate of drug-likeness (QED) is 0.297. The summed E-state index contributed by atoms with van der Waals surface area (Å²) in [6.45, 7) is 0. The third kappa shape index (κ3) is 4.11. The maximum atomic E-state index is 13.3. The number of thioether (sulfide) groups is 1. The van der Waals surface area contributed by atoms with Gasteiger partial charge in [-0.2, -0.15) is 4.98 Å². The predicted octanol–water partition coefficient (Wildman–Crippen LogP) is 5.29. The number of anilines is 1. The van der Waals surface area contributed by atoms with Crippen LogP contribution in [0.4, 0.5) is 16.0 Å². The summed E-state index contributed by atoms with van der Waals surface area (Å²) in [5.74, 6) is 0.567. The van der Waals surface area contributed by atoms with E-state index in [2.05, 4.69) is 15.4 Å². The molecule has 168 valence electrons. The number of nitro groups is 1. The molecule has 0 bridgehead atoms. The number of nitrogens with zero attached hydrogens (tertiary/aromatic N) is 4. The first-order valence-electron chi connectivity index (χ1n) is 10.2. The normalized spacial score (nSPS) is 17.4. The smallest absolute Gasteiger partial charge is 0.269 e. The van der Waals surface area contributed by atoms with Crippen LogP contribution in [0.3, 0.4) is 0 Å². The molecule has 1 unspecified atom stereocenters. The standard InChI is InChI=1S/C22H17ClFN5O3S/c23-16-10-14(24)7-4-13(16)11-33-22-26-21-25-17-2-1-3-18(30)19(17)20(28(21)27-22)12-5-8-15(9-6-12)29(31)32/h4-10,20H,1-3,11H2,(H,25,26,27). The number of rotatable bonds is 5. The molecule has 1 aliphatic heterocycles. The molecule has 2 aromatic carbocycles. The van der Waals surface area contributed by atoms with Crippen molar-refractivity contribution in [2.45, 2.75) is 36.2 Å². The second kappa shape index (κ2) is 8.60. The number of Topliss-reactive ketones (excluding diaryl/α,β-unsaturated/α-hetero) is 1. The van der Waals surface area contributed by atoms with E-state index in [0.29, 0.717) is 45.9 Å². The second-order valence-electron chi connectivity index (χ2n) is 7.73. The molecular weight excluding hydrogens is 469 g/mol. The third-order valence-corrected chi connectivity index (χ3v) is 6.88. The van der Waals surface area contributed by atoms with Gasteiger partial charge in [0.1, 0.15) is 11.9 Å². The van der Waals surface area contributed by atoms with Crippen molar-refractivity contribution in [2.75, 3.05) is 5.32 Å². The lowest BCUT2D eigenvalue weighted by Gasteiger charge is -2.32. The van der Waals surface area contributed by atoms with E-state index < -0.39 is 16.8 Å². The van der Waals surface area contributed by atoms with Crippen LogP contribution in [0, 0.1) is 15.9 Å². The lowest BCUT2D eigenvalue weighted by Crippen LogP contribution is -2.31. The Morgan fingerprint density at radius 1 is 1.24 bits per heavy atom. The Labute approximate surface area is 197 Å². The van der Waals surface area contributed by atoms with Crippen molar-refractivity contribution in [3.63, 3.8) is 0 Å². The summed E-state index contributed by atoms with van der Waals surface area (Å²) in [6.07, 6.45) is 1.90. The molecule has 0 radical (unpaired) electrons. The first-order chi connectivity index (χ1) is 15.9. The molecule has 0 fully saturated rings. The van der Waals surface area contributed by atoms with Gasteiger partial charge in [0.2, 0.25) is 11.1 Å². The van der Waals surface area contributed by atoms with Gasteiger partial charge in [0, 0.05) is 40.6 Å². The van der Waals surface area contributed by atoms with E-state index in [1.54, 1.807) is 22.9 Å². The van der Waals surface area contributed by atoms with Gasteiger partial charge in [0.05, 0.1) is 4.92 Å². The fourth-order valence-corrected chi connectivity index (χ4v) is 5.21. The van der Waals surface area contributed by atoms with Gasteiger partial charge in [-0.15, -0.1) is 5.10 Å². The van der Waals surface area contributed by atoms with Crippen molar-refractivity contribution in [2.24, 2.45) is 0 Å². The van der Waals surface area contributed by atoms with Crippen LogP contribution >= 0.6 is 23.4 Å². The third-order valence-electron chi connectivity index (χ3n) is 5.64. The summed E-state index contributed by atoms with van der Waals surface area (Å²) in [7, 11) is 0. The highest BCUT2D eigenvalue weighted by molar-refractivity contribution is 7.98. The number of aromatic nitrogens is 3. The number of carbonyl (C=O) groups is 1. The molecule has 0 spiro atoms. The molecule has 3 aromatic rings. The number of ketones is 1. The molecule has 1 atom stereocenters. The SMILES string of the molecule is O=C1CCCC2=C1C(c1ccc([N+](=O)[O-])cc1)n1nc(SCc3ccc(F)cc3Cl)nc1N2. The van der Waals surface area contributed by atoms with E-state index >= 15 is 0 Å². The number of nitrogens with one attached hydrogen (secondary N) is 1. The Morgan fingerprint density at radius 2 is 2.03 bits per heavy atom. The van der Waals surface area contributed by atoms with E-state index in [0.717, 1.165) is 17.7 Å². The van der Waals surface area contributed by atoms with Crippen molar-refractivity contribution in [1.29, 1.82) is 0 Å². The molecule has 0 saturated heterocycles. The molecule has 0 saturated carbocycles. The minimum Gasteiger partial charge on any atom is -0.328 e. The van der Waals surface area contributed by atoms with Crippen molar-refractivity contribution < 1.29 is 14.1 Å². The van der Waals surface area contributed by atoms with Gasteiger partial charge < -0.3 is 5.32 Å². The van der Waals surface area contributed by atoms with Crippen molar-refractivity contribution >= 4 is 40.8 Å². The minimum atomic E-state index is -0.527. The molecule has 33 heavy (non-hydrogen) atoms. The number of non-ortho nitro benzene ring substituents is 1. The summed E-state index contributed by atoms with van der Waals surface area (Å²) in [5.41, 5.74) is 2.87. The number of nitro benzene ring substituents is 1. The van der Waals surface area contributed by atoms with Gasteiger partial charge in [-0.3, -0.25) is 14.9 Å². The maximum absolute atomic E-state index is 13.3. The number of carbonyl (C=O) groups excluding carboxylic acids is 1. The molecule has 5 rings (SSSR count). The van der Waals surface area contributed by atoms with Gasteiger partial charge in [0.25, 0.3) is 5.69 Å². The largest absolute Gasteiger partial charge is 0.328 e. The van der Waals surface area contributed by atoms with Crippen LogP contribution in [-0.4, -0.2) is 25.5 Å². The number of hydrogen-bond acceptors (Lipinski definition) is 7. The summed E-state index contributed by atoms with van der Waals surface area (Å²) in [5, 5.41) is 19.7. The zero-order valence-corrected chi connectivity index (χ0v) is 18.7. The first kappa shape index (κ1) is 21.6. The summed E-state index contributed by atoms with van der Waals surface area (Å²) >= 11 is 7.47. The fraction of sp³-hybridized carbons (Fsp3) is 0.227. The second-order valence-corrected chi connectivity index (χ2v) is 9.08. The molecule has 8 nitrogen and oxygen atoms in total. The molecule has 0 amide bonds. The van der Waals surface area contributed by atoms with Gasteiger partial charge in [-0.1, -0.05) is 29.4 Å². The molecule has 11 heteroatoms. The molecule has 2 heterocycles. The van der Waals surface area contributed by atoms with Crippen LogP contribution in [0.5, 0.6) is 0 Å². The average Bonchev–Trinajstić information content (AvgIpc) is 3.20. The van der Waals surface area contributed by atoms with Gasteiger partial charge in [0.15, 0.2) is 5.78 Å². The number of fused-ring (bicyclic) bond motifs is 1. The summed E-state index contributed by atoms with van der Waals surface area (Å²) in [6, 6.07) is 9.86. The van der Waals surface area contributed by atoms with Gasteiger partial charge in [-0.25, -0.2) is 9.07 Å². The van der Waals surface area contributed by atoms with E-state index in [1.807, 2.05) is 0 Å². The Hall–Kier alpha value is -3.24. The Bertz CT molecular complexity index is 1310. The first-order valence-corrected chi connectivity index (χ1v) is 11.6. The van der Waals surface area contributed by atoms with Crippen LogP contribution in [0.2, 0.25) is 5.02 Å². The van der Waals surface area contributed by atoms with Crippen molar-refractivity contribution in [1.82, 2.24) is 14.8 Å². The zero-order valence-electron chi connectivity index (χ0n) is 17.1. The molecular formula is C22H17ClFN5O3S. The average molecular weight is 486 g/mol. The Balaban J connectivity index is 1.50. The number of hydrogen-bond donors (Lipinski definition) is 1. The molecule has 2 aliphatic rings. The van der Waals surface area contributed by atoms with Crippen molar-refractivity contribution in [3.05, 3.63) is 85.8 Å². The van der Waals surface area contributed by atoms with Crippen molar-refractivity contribution in [3.8, 4) is 0 Å². The van der Waals surface area contributed by atoms with Crippen LogP contribution in [0.1, 0.15) is 36.4 Å². The van der Waals surface area contributed by atoms with E-state index in [1.165, 1.54) is 36.0 Å². The highest BCUT2D eigenvalue weighted by atomic mass is 35.5. The molecule has 1 N–H and O–H groups in total. The van der Waals surface area contributed by atoms with Crippen LogP contribution < -0.4 is 5.32 Å². The monoisotopic (exact) mass is 485 g/mol. The highest BCUT2D eigenvalue weighted by Gasteiger charge is 2.37. The topological polar surface area (TPSA) is 103 Å². The van der Waals surface area contributed by atoms with Gasteiger partial charge >= 0.3 is 0 Å². The van der Waals surface area contributed by atoms with Crippen LogP contribution in [0.25, 0.3) is 0 Å². The fourth-order valence-electron chi connectivity index (χ4n) is 4.07. The lowest BCUT2D eigenvalue weighted by molar-refractivity contribution is -0.384. The lowest BCUT2D eigenvalue weighted by atomic mass is 9.85. The number of allylic oxidation sites excluding steroid dienone is 2. The minimum absolute atomic E-state index is 0.0249. The summed E-state index contributed by atoms with van der Waals surface area (Å²) in [4.78, 5) is 28.1. The highest BCUT2D eigenvalue weighted by Crippen LogP contribution is 2.41. The summed E-state index contributed by atoms with van der Waals surface area (Å²) < 4.78 is 15.0. The van der Waals surface area contributed by atoms with E-state index in [-0.39, 0.29) is 11.5 Å². The van der Waals surface area contributed by atoms with E-state index in [9.17, 15) is 19.3 Å². The van der Waals surface area contributed by atoms with Crippen LogP contribution in [0.15, 0.2) is 58.9 Å². The molecule has 1 aromatic heterocycles. The van der Waals surface area contributed by atoms with Gasteiger partial charge in [-0.05, 0) is 48.2 Å². The molecule has 1 aliphatic carbocycles. The Kier molecular flexibility index (Phi) is 5.63. The number of halogens is 2. The number of benzene rings is 2. The predicted molar refractivity (Wildman–Crippen MR) is 122 cm³/mol. The Morgan fingerprint density at radius 3 is 2.76 bits per heavy atom. The van der Waals surface area contributed by atoms with E-state index in [4.69, 9.17) is 11.6 Å². The maximum Gasteiger partial charge on any atom is 0.269 e. The zero-order chi connectivity index (χ0) is 23.1. The van der Waals surface area contributed by atoms with Crippen LogP contribution in [-0.2, 0) is 10.5 Å².